The average Bonchev–Trinajstić information content (AvgIpc) is 2.60. The number of nitrogens with two attached hydrogens (primary N) is 1. The molecule has 0 atom stereocenters. The normalized spacial score (nSPS) is 11.8. The molecular weight excluding hydrogens is 327 g/mol. The molecule has 0 spiro atoms. The number of nitrogen functional groups attached to an aromatic ring is 1. The number of anilines is 1. The van der Waals surface area contributed by atoms with Gasteiger partial charge in [0.15, 0.2) is 0 Å². The summed E-state index contributed by atoms with van der Waals surface area (Å²) in [6, 6.07) is 16.2. The zero-order valence-corrected chi connectivity index (χ0v) is 13.0. The van der Waals surface area contributed by atoms with Crippen LogP contribution in [0.1, 0.15) is 16.8 Å². The molecule has 0 saturated carbocycles. The highest BCUT2D eigenvalue weighted by atomic mass is 19.4. The van der Waals surface area contributed by atoms with Crippen molar-refractivity contribution in [3.05, 3.63) is 77.5 Å². The molecule has 6 heteroatoms. The van der Waals surface area contributed by atoms with Crippen LogP contribution in [0.5, 0.6) is 0 Å². The molecule has 0 unspecified atom stereocenters. The van der Waals surface area contributed by atoms with Crippen molar-refractivity contribution in [1.29, 1.82) is 0 Å². The number of aromatic nitrogens is 2. The maximum absolute atomic E-state index is 12.6. The van der Waals surface area contributed by atoms with Crippen molar-refractivity contribution in [2.45, 2.75) is 6.18 Å². The first-order valence-electron chi connectivity index (χ1n) is 7.47. The van der Waals surface area contributed by atoms with Crippen molar-refractivity contribution in [2.24, 2.45) is 0 Å². The molecule has 0 saturated heterocycles. The third-order valence-electron chi connectivity index (χ3n) is 3.52. The van der Waals surface area contributed by atoms with Crippen molar-refractivity contribution in [3.63, 3.8) is 0 Å². The minimum Gasteiger partial charge on any atom is -0.368 e. The molecule has 126 valence electrons. The Morgan fingerprint density at radius 1 is 0.840 bits per heavy atom. The Kier molecular flexibility index (Phi) is 4.52. The van der Waals surface area contributed by atoms with E-state index in [1.807, 2.05) is 30.3 Å². The minimum atomic E-state index is -4.34. The molecule has 0 amide bonds. The second-order valence-corrected chi connectivity index (χ2v) is 5.36. The maximum atomic E-state index is 12.6. The van der Waals surface area contributed by atoms with Crippen LogP contribution < -0.4 is 5.73 Å². The van der Waals surface area contributed by atoms with E-state index in [0.717, 1.165) is 17.7 Å². The van der Waals surface area contributed by atoms with Gasteiger partial charge in [-0.3, -0.25) is 0 Å². The second-order valence-electron chi connectivity index (χ2n) is 5.36. The summed E-state index contributed by atoms with van der Waals surface area (Å²) in [6.45, 7) is 0. The van der Waals surface area contributed by atoms with Crippen molar-refractivity contribution in [3.8, 4) is 11.3 Å². The molecule has 2 N–H and O–H groups in total. The number of benzene rings is 2. The number of hydrogen-bond donors (Lipinski definition) is 1. The van der Waals surface area contributed by atoms with Crippen molar-refractivity contribution in [1.82, 2.24) is 9.97 Å². The van der Waals surface area contributed by atoms with Crippen LogP contribution in [0.25, 0.3) is 23.4 Å². The lowest BCUT2D eigenvalue weighted by Gasteiger charge is -2.06. The largest absolute Gasteiger partial charge is 0.416 e. The molecule has 2 aromatic carbocycles. The Hall–Kier alpha value is -3.15. The monoisotopic (exact) mass is 341 g/mol. The molecule has 0 bridgehead atoms. The summed E-state index contributed by atoms with van der Waals surface area (Å²) in [6.07, 6.45) is -0.974. The van der Waals surface area contributed by atoms with Gasteiger partial charge in [0, 0.05) is 5.56 Å². The van der Waals surface area contributed by atoms with Crippen LogP contribution in [0.15, 0.2) is 60.7 Å². The van der Waals surface area contributed by atoms with Crippen LogP contribution in [0.3, 0.4) is 0 Å². The fourth-order valence-corrected chi connectivity index (χ4v) is 2.29. The van der Waals surface area contributed by atoms with Gasteiger partial charge in [-0.25, -0.2) is 9.97 Å². The van der Waals surface area contributed by atoms with E-state index in [4.69, 9.17) is 5.73 Å². The lowest BCUT2D eigenvalue weighted by atomic mass is 10.1. The van der Waals surface area contributed by atoms with E-state index in [9.17, 15) is 13.2 Å². The molecular formula is C19H14F3N3. The Balaban J connectivity index is 1.85. The van der Waals surface area contributed by atoms with E-state index in [-0.39, 0.29) is 5.95 Å². The molecule has 0 aliphatic rings. The van der Waals surface area contributed by atoms with Gasteiger partial charge in [0.05, 0.1) is 17.0 Å². The summed E-state index contributed by atoms with van der Waals surface area (Å²) in [5.74, 6) is 0.133. The lowest BCUT2D eigenvalue weighted by Crippen LogP contribution is -2.03. The van der Waals surface area contributed by atoms with Crippen LogP contribution in [0.2, 0.25) is 0 Å². The van der Waals surface area contributed by atoms with E-state index in [0.29, 0.717) is 17.0 Å². The zero-order chi connectivity index (χ0) is 17.9. The Bertz CT molecular complexity index is 886. The first-order valence-corrected chi connectivity index (χ1v) is 7.47. The van der Waals surface area contributed by atoms with Crippen LogP contribution in [0.4, 0.5) is 19.1 Å². The fourth-order valence-electron chi connectivity index (χ4n) is 2.29. The van der Waals surface area contributed by atoms with E-state index >= 15 is 0 Å². The molecule has 3 nitrogen and oxygen atoms in total. The van der Waals surface area contributed by atoms with Gasteiger partial charge < -0.3 is 5.73 Å². The predicted octanol–water partition coefficient (Wildman–Crippen LogP) is 4.92. The minimum absolute atomic E-state index is 0.133. The SMILES string of the molecule is Nc1nc(C=Cc2ccc(C(F)(F)F)cc2)cc(-c2ccccc2)n1. The van der Waals surface area contributed by atoms with Crippen LogP contribution in [0, 0.1) is 0 Å². The summed E-state index contributed by atoms with van der Waals surface area (Å²) in [4.78, 5) is 8.34. The zero-order valence-electron chi connectivity index (χ0n) is 13.0. The topological polar surface area (TPSA) is 51.8 Å². The van der Waals surface area contributed by atoms with Crippen LogP contribution in [-0.4, -0.2) is 9.97 Å². The fraction of sp³-hybridized carbons (Fsp3) is 0.0526. The van der Waals surface area contributed by atoms with Gasteiger partial charge >= 0.3 is 6.18 Å². The molecule has 25 heavy (non-hydrogen) atoms. The quantitative estimate of drug-likeness (QED) is 0.736. The molecule has 0 aliphatic carbocycles. The highest BCUT2D eigenvalue weighted by molar-refractivity contribution is 5.71. The number of halogens is 3. The molecule has 0 radical (unpaired) electrons. The maximum Gasteiger partial charge on any atom is 0.416 e. The molecule has 0 aliphatic heterocycles. The van der Waals surface area contributed by atoms with E-state index < -0.39 is 11.7 Å². The van der Waals surface area contributed by atoms with Gasteiger partial charge in [-0.05, 0) is 29.8 Å². The van der Waals surface area contributed by atoms with Gasteiger partial charge in [0.25, 0.3) is 0 Å². The van der Waals surface area contributed by atoms with Crippen molar-refractivity contribution in [2.75, 3.05) is 5.73 Å². The van der Waals surface area contributed by atoms with Gasteiger partial charge in [-0.2, -0.15) is 13.2 Å². The summed E-state index contributed by atoms with van der Waals surface area (Å²) >= 11 is 0. The van der Waals surface area contributed by atoms with E-state index in [1.165, 1.54) is 12.1 Å². The van der Waals surface area contributed by atoms with Crippen molar-refractivity contribution < 1.29 is 13.2 Å². The van der Waals surface area contributed by atoms with Gasteiger partial charge in [0.2, 0.25) is 5.95 Å². The van der Waals surface area contributed by atoms with E-state index in [2.05, 4.69) is 9.97 Å². The Morgan fingerprint density at radius 2 is 1.52 bits per heavy atom. The number of hydrogen-bond acceptors (Lipinski definition) is 3. The molecule has 3 aromatic rings. The Labute approximate surface area is 142 Å². The highest BCUT2D eigenvalue weighted by Gasteiger charge is 2.29. The molecule has 0 fully saturated rings. The molecule has 1 heterocycles. The molecule has 3 rings (SSSR count). The van der Waals surface area contributed by atoms with E-state index in [1.54, 1.807) is 18.2 Å². The standard InChI is InChI=1S/C19H14F3N3/c20-19(21,22)15-9-6-13(7-10-15)8-11-16-12-17(25-18(23)24-16)14-4-2-1-3-5-14/h1-12H,(H2,23,24,25). The summed E-state index contributed by atoms with van der Waals surface area (Å²) < 4.78 is 37.7. The summed E-state index contributed by atoms with van der Waals surface area (Å²) in [7, 11) is 0. The van der Waals surface area contributed by atoms with Gasteiger partial charge in [-0.1, -0.05) is 48.5 Å². The third-order valence-corrected chi connectivity index (χ3v) is 3.52. The smallest absolute Gasteiger partial charge is 0.368 e. The number of rotatable bonds is 3. The first-order chi connectivity index (χ1) is 11.9. The van der Waals surface area contributed by atoms with Crippen LogP contribution in [-0.2, 0) is 6.18 Å². The summed E-state index contributed by atoms with van der Waals surface area (Å²) in [5, 5.41) is 0. The van der Waals surface area contributed by atoms with Gasteiger partial charge in [-0.15, -0.1) is 0 Å². The number of nitrogens with zero attached hydrogens (tertiary/aromatic N) is 2. The molecule has 1 aromatic heterocycles. The number of alkyl halides is 3. The Morgan fingerprint density at radius 3 is 2.16 bits per heavy atom. The second kappa shape index (κ2) is 6.76. The summed E-state index contributed by atoms with van der Waals surface area (Å²) in [5.41, 5.74) is 7.86. The van der Waals surface area contributed by atoms with Crippen LogP contribution >= 0.6 is 0 Å². The third kappa shape index (κ3) is 4.23. The average molecular weight is 341 g/mol. The highest BCUT2D eigenvalue weighted by Crippen LogP contribution is 2.29. The lowest BCUT2D eigenvalue weighted by molar-refractivity contribution is -0.137. The van der Waals surface area contributed by atoms with Gasteiger partial charge in [0.1, 0.15) is 0 Å². The predicted molar refractivity (Wildman–Crippen MR) is 92.3 cm³/mol. The first kappa shape index (κ1) is 16.7. The van der Waals surface area contributed by atoms with Crippen molar-refractivity contribution >= 4 is 18.1 Å².